The molecule has 1 aliphatic heterocycles. The molecule has 2 aromatic rings. The first-order valence-corrected chi connectivity index (χ1v) is 7.05. The Morgan fingerprint density at radius 1 is 1.05 bits per heavy atom. The van der Waals surface area contributed by atoms with E-state index in [0.717, 1.165) is 6.07 Å². The van der Waals surface area contributed by atoms with Gasteiger partial charge in [0.1, 0.15) is 11.9 Å². The lowest BCUT2D eigenvalue weighted by molar-refractivity contribution is -0.424. The van der Waals surface area contributed by atoms with Gasteiger partial charge in [-0.25, -0.2) is 23.1 Å². The monoisotopic (exact) mass is 309 g/mol. The number of halogens is 3. The summed E-state index contributed by atoms with van der Waals surface area (Å²) < 4.78 is 40.4. The molecule has 2 atom stereocenters. The summed E-state index contributed by atoms with van der Waals surface area (Å²) >= 11 is 0. The second-order valence-electron chi connectivity index (χ2n) is 5.44. The molecule has 0 saturated carbocycles. The number of benzene rings is 1. The van der Waals surface area contributed by atoms with E-state index in [-0.39, 0.29) is 17.5 Å². The lowest BCUT2D eigenvalue weighted by Gasteiger charge is -2.34. The molecule has 0 radical (unpaired) electrons. The van der Waals surface area contributed by atoms with Gasteiger partial charge >= 0.3 is 0 Å². The Kier molecular flexibility index (Phi) is 3.98. The molecule has 1 fully saturated rings. The molecule has 116 valence electrons. The quantitative estimate of drug-likeness (QED) is 0.855. The molecule has 2 heterocycles. The normalized spacial score (nSPS) is 21.9. The smallest absolute Gasteiger partial charge is 0.225 e. The van der Waals surface area contributed by atoms with Crippen LogP contribution in [0.25, 0.3) is 0 Å². The van der Waals surface area contributed by atoms with Gasteiger partial charge in [0.2, 0.25) is 5.95 Å². The van der Waals surface area contributed by atoms with Crippen molar-refractivity contribution in [3.05, 3.63) is 53.6 Å². The van der Waals surface area contributed by atoms with Crippen molar-refractivity contribution in [2.75, 3.05) is 18.0 Å². The maximum absolute atomic E-state index is 13.9. The maximum atomic E-state index is 13.9. The zero-order valence-electron chi connectivity index (χ0n) is 11.8. The highest BCUT2D eigenvalue weighted by molar-refractivity contribution is 5.33. The summed E-state index contributed by atoms with van der Waals surface area (Å²) in [6.07, 6.45) is 3.89. The third kappa shape index (κ3) is 2.76. The van der Waals surface area contributed by atoms with Crippen molar-refractivity contribution in [3.8, 4) is 0 Å². The van der Waals surface area contributed by atoms with E-state index in [1.165, 1.54) is 0 Å². The molecule has 22 heavy (non-hydrogen) atoms. The molecule has 1 aliphatic rings. The molecule has 0 spiro atoms. The van der Waals surface area contributed by atoms with Gasteiger partial charge in [-0.2, -0.15) is 0 Å². The van der Waals surface area contributed by atoms with Crippen LogP contribution >= 0.6 is 0 Å². The Balaban J connectivity index is 1.80. The summed E-state index contributed by atoms with van der Waals surface area (Å²) in [5.41, 5.74) is 4.23. The van der Waals surface area contributed by atoms with Gasteiger partial charge in [0.15, 0.2) is 11.6 Å². The van der Waals surface area contributed by atoms with Crippen LogP contribution in [0.2, 0.25) is 0 Å². The fourth-order valence-corrected chi connectivity index (χ4v) is 2.90. The molecule has 7 heteroatoms. The Bertz CT molecular complexity index is 665. The number of nitrogens with zero attached hydrogens (tertiary/aromatic N) is 3. The Labute approximate surface area is 125 Å². The van der Waals surface area contributed by atoms with Crippen molar-refractivity contribution >= 4 is 5.95 Å². The topological polar surface area (TPSA) is 56.7 Å². The van der Waals surface area contributed by atoms with Crippen molar-refractivity contribution < 1.29 is 18.9 Å². The second kappa shape index (κ2) is 5.92. The molecule has 1 aromatic heterocycles. The van der Waals surface area contributed by atoms with Crippen LogP contribution < -0.4 is 10.6 Å². The van der Waals surface area contributed by atoms with Gasteiger partial charge in [0.05, 0.1) is 6.54 Å². The summed E-state index contributed by atoms with van der Waals surface area (Å²) in [5, 5.41) is 0. The average Bonchev–Trinajstić information content (AvgIpc) is 2.52. The summed E-state index contributed by atoms with van der Waals surface area (Å²) in [7, 11) is 0. The number of anilines is 1. The van der Waals surface area contributed by atoms with Gasteiger partial charge < -0.3 is 10.6 Å². The minimum atomic E-state index is -1.17. The van der Waals surface area contributed by atoms with E-state index < -0.39 is 17.5 Å². The molecule has 4 nitrogen and oxygen atoms in total. The van der Waals surface area contributed by atoms with Gasteiger partial charge in [-0.05, 0) is 18.6 Å². The molecule has 3 rings (SSSR count). The first-order valence-electron chi connectivity index (χ1n) is 7.05. The van der Waals surface area contributed by atoms with Gasteiger partial charge in [0, 0.05) is 36.5 Å². The van der Waals surface area contributed by atoms with Crippen molar-refractivity contribution in [2.45, 2.75) is 18.4 Å². The van der Waals surface area contributed by atoms with Crippen LogP contribution in [-0.2, 0) is 0 Å². The lowest BCUT2D eigenvalue weighted by atomic mass is 9.85. The largest absolute Gasteiger partial charge is 0.353 e. The predicted octanol–water partition coefficient (Wildman–Crippen LogP) is 1.50. The maximum Gasteiger partial charge on any atom is 0.225 e. The van der Waals surface area contributed by atoms with Gasteiger partial charge in [-0.15, -0.1) is 0 Å². The summed E-state index contributed by atoms with van der Waals surface area (Å²) in [5.74, 6) is -2.58. The summed E-state index contributed by atoms with van der Waals surface area (Å²) in [6, 6.07) is 3.11. The molecule has 0 unspecified atom stereocenters. The summed E-state index contributed by atoms with van der Waals surface area (Å²) in [6.45, 7) is 1.15. The van der Waals surface area contributed by atoms with E-state index in [0.29, 0.717) is 31.5 Å². The molecule has 0 aliphatic carbocycles. The third-order valence-electron chi connectivity index (χ3n) is 4.01. The van der Waals surface area contributed by atoms with Crippen LogP contribution in [0.15, 0.2) is 30.6 Å². The molecule has 0 bridgehead atoms. The number of rotatable bonds is 2. The molecular weight excluding hydrogens is 293 g/mol. The van der Waals surface area contributed by atoms with Crippen LogP contribution in [0.4, 0.5) is 19.1 Å². The lowest BCUT2D eigenvalue weighted by Crippen LogP contribution is -2.70. The predicted molar refractivity (Wildman–Crippen MR) is 74.6 cm³/mol. The van der Waals surface area contributed by atoms with Crippen LogP contribution in [-0.4, -0.2) is 29.1 Å². The molecular formula is C15H16F3N4+. The van der Waals surface area contributed by atoms with Gasteiger partial charge in [-0.3, -0.25) is 0 Å². The highest BCUT2D eigenvalue weighted by Gasteiger charge is 2.33. The second-order valence-corrected chi connectivity index (χ2v) is 5.44. The Morgan fingerprint density at radius 3 is 2.41 bits per heavy atom. The number of hydrogen-bond acceptors (Lipinski definition) is 3. The fraction of sp³-hybridized carbons (Fsp3) is 0.333. The van der Waals surface area contributed by atoms with Crippen molar-refractivity contribution in [1.29, 1.82) is 0 Å². The highest BCUT2D eigenvalue weighted by Crippen LogP contribution is 2.30. The number of hydrogen-bond donors (Lipinski definition) is 1. The minimum Gasteiger partial charge on any atom is -0.353 e. The van der Waals surface area contributed by atoms with E-state index in [1.807, 2.05) is 4.90 Å². The molecule has 1 aromatic carbocycles. The zero-order chi connectivity index (χ0) is 15.7. The molecule has 0 amide bonds. The van der Waals surface area contributed by atoms with Gasteiger partial charge in [0.25, 0.3) is 0 Å². The number of aromatic nitrogens is 2. The van der Waals surface area contributed by atoms with Crippen LogP contribution in [0.3, 0.4) is 0 Å². The van der Waals surface area contributed by atoms with Crippen molar-refractivity contribution in [3.63, 3.8) is 0 Å². The zero-order valence-corrected chi connectivity index (χ0v) is 11.8. The van der Waals surface area contributed by atoms with E-state index in [9.17, 15) is 13.2 Å². The average molecular weight is 309 g/mol. The van der Waals surface area contributed by atoms with Crippen LogP contribution in [0.5, 0.6) is 0 Å². The third-order valence-corrected chi connectivity index (χ3v) is 4.01. The Morgan fingerprint density at radius 2 is 1.73 bits per heavy atom. The molecule has 3 N–H and O–H groups in total. The number of piperidine rings is 1. The molecule has 1 saturated heterocycles. The standard InChI is InChI=1S/C15H15F3N4/c16-11-7-13(18)12(17)6-10(11)9-2-5-22(8-14(9)19)15-20-3-1-4-21-15/h1,3-4,6-7,9,14H,2,5,8,19H2/p+1/t9-,14+/m1/s1. The van der Waals surface area contributed by atoms with E-state index in [2.05, 4.69) is 15.7 Å². The minimum absolute atomic E-state index is 0.170. The highest BCUT2D eigenvalue weighted by atomic mass is 19.2. The van der Waals surface area contributed by atoms with E-state index in [1.54, 1.807) is 18.5 Å². The Hall–Kier alpha value is -2.15. The van der Waals surface area contributed by atoms with Crippen LogP contribution in [0.1, 0.15) is 17.9 Å². The number of quaternary nitrogens is 1. The SMILES string of the molecule is [NH3+][C@H]1CN(c2ncccn2)CC[C@@H]1c1cc(F)c(F)cc1F. The first kappa shape index (κ1) is 14.8. The van der Waals surface area contributed by atoms with Crippen molar-refractivity contribution in [2.24, 2.45) is 0 Å². The van der Waals surface area contributed by atoms with E-state index in [4.69, 9.17) is 0 Å². The van der Waals surface area contributed by atoms with Gasteiger partial charge in [-0.1, -0.05) is 0 Å². The first-order chi connectivity index (χ1) is 10.6. The summed E-state index contributed by atoms with van der Waals surface area (Å²) in [4.78, 5) is 10.3. The fourth-order valence-electron chi connectivity index (χ4n) is 2.90. The van der Waals surface area contributed by atoms with E-state index >= 15 is 0 Å². The van der Waals surface area contributed by atoms with Crippen LogP contribution in [0, 0.1) is 17.5 Å². The van der Waals surface area contributed by atoms with Crippen molar-refractivity contribution in [1.82, 2.24) is 9.97 Å².